The number of nitrogen functional groups attached to an aromatic ring is 1. The summed E-state index contributed by atoms with van der Waals surface area (Å²) in [7, 11) is 0. The Labute approximate surface area is 83.6 Å². The highest BCUT2D eigenvalue weighted by atomic mass is 16.1. The molecule has 0 unspecified atom stereocenters. The second kappa shape index (κ2) is 4.79. The lowest BCUT2D eigenvalue weighted by Crippen LogP contribution is -2.19. The Hall–Kier alpha value is -1.32. The first kappa shape index (κ1) is 10.8. The van der Waals surface area contributed by atoms with Crippen molar-refractivity contribution in [2.45, 2.75) is 39.5 Å². The Morgan fingerprint density at radius 3 is 2.50 bits per heavy atom. The van der Waals surface area contributed by atoms with Crippen molar-refractivity contribution in [1.82, 2.24) is 9.97 Å². The quantitative estimate of drug-likeness (QED) is 0.759. The van der Waals surface area contributed by atoms with Gasteiger partial charge in [-0.1, -0.05) is 26.7 Å². The van der Waals surface area contributed by atoms with Gasteiger partial charge in [0.15, 0.2) is 0 Å². The Balaban J connectivity index is 3.14. The lowest BCUT2D eigenvalue weighted by Gasteiger charge is -2.06. The van der Waals surface area contributed by atoms with Gasteiger partial charge in [0, 0.05) is 5.56 Å². The van der Waals surface area contributed by atoms with E-state index in [0.717, 1.165) is 36.9 Å². The van der Waals surface area contributed by atoms with Crippen LogP contribution in [-0.2, 0) is 12.8 Å². The van der Waals surface area contributed by atoms with Gasteiger partial charge in [-0.15, -0.1) is 0 Å². The molecule has 0 aliphatic heterocycles. The van der Waals surface area contributed by atoms with Gasteiger partial charge in [0.25, 0.3) is 5.56 Å². The van der Waals surface area contributed by atoms with Crippen LogP contribution in [0.5, 0.6) is 0 Å². The minimum Gasteiger partial charge on any atom is -0.369 e. The standard InChI is InChI=1S/C10H17N3O/c1-3-5-7-8(6-4-2)12-10(11)13-9(7)14/h3-6H2,1-2H3,(H3,11,12,13,14). The van der Waals surface area contributed by atoms with Crippen molar-refractivity contribution in [2.75, 3.05) is 5.73 Å². The van der Waals surface area contributed by atoms with Crippen molar-refractivity contribution in [3.05, 3.63) is 21.6 Å². The highest BCUT2D eigenvalue weighted by Gasteiger charge is 2.08. The van der Waals surface area contributed by atoms with Crippen LogP contribution >= 0.6 is 0 Å². The summed E-state index contributed by atoms with van der Waals surface area (Å²) in [5, 5.41) is 0. The molecular weight excluding hydrogens is 178 g/mol. The fourth-order valence-corrected chi connectivity index (χ4v) is 1.52. The molecule has 0 radical (unpaired) electrons. The van der Waals surface area contributed by atoms with E-state index >= 15 is 0 Å². The molecule has 0 saturated heterocycles. The number of anilines is 1. The summed E-state index contributed by atoms with van der Waals surface area (Å²) in [6.07, 6.45) is 3.53. The van der Waals surface area contributed by atoms with Crippen LogP contribution in [0.15, 0.2) is 4.79 Å². The minimum atomic E-state index is -0.0807. The van der Waals surface area contributed by atoms with Crippen molar-refractivity contribution in [3.8, 4) is 0 Å². The smallest absolute Gasteiger partial charge is 0.255 e. The van der Waals surface area contributed by atoms with E-state index in [2.05, 4.69) is 16.9 Å². The van der Waals surface area contributed by atoms with Gasteiger partial charge in [-0.2, -0.15) is 0 Å². The van der Waals surface area contributed by atoms with Gasteiger partial charge in [-0.3, -0.25) is 9.78 Å². The van der Waals surface area contributed by atoms with Crippen molar-refractivity contribution in [3.63, 3.8) is 0 Å². The number of aromatic nitrogens is 2. The molecule has 0 fully saturated rings. The summed E-state index contributed by atoms with van der Waals surface area (Å²) in [5.74, 6) is 0.221. The zero-order valence-corrected chi connectivity index (χ0v) is 8.76. The predicted molar refractivity (Wildman–Crippen MR) is 57.3 cm³/mol. The lowest BCUT2D eigenvalue weighted by molar-refractivity contribution is 0.808. The van der Waals surface area contributed by atoms with Gasteiger partial charge in [0.1, 0.15) is 0 Å². The van der Waals surface area contributed by atoms with E-state index in [-0.39, 0.29) is 11.5 Å². The van der Waals surface area contributed by atoms with Crippen molar-refractivity contribution in [1.29, 1.82) is 0 Å². The summed E-state index contributed by atoms with van der Waals surface area (Å²) < 4.78 is 0. The molecule has 0 atom stereocenters. The molecular formula is C10H17N3O. The van der Waals surface area contributed by atoms with Gasteiger partial charge >= 0.3 is 0 Å². The number of aromatic amines is 1. The van der Waals surface area contributed by atoms with Crippen LogP contribution in [0.4, 0.5) is 5.95 Å². The van der Waals surface area contributed by atoms with Crippen LogP contribution < -0.4 is 11.3 Å². The first-order chi connectivity index (χ1) is 6.69. The third-order valence-electron chi connectivity index (χ3n) is 2.11. The minimum absolute atomic E-state index is 0.0807. The molecule has 0 amide bonds. The molecule has 3 N–H and O–H groups in total. The summed E-state index contributed by atoms with van der Waals surface area (Å²) in [6, 6.07) is 0. The van der Waals surface area contributed by atoms with Gasteiger partial charge in [0.05, 0.1) is 5.69 Å². The number of H-pyrrole nitrogens is 1. The van der Waals surface area contributed by atoms with E-state index < -0.39 is 0 Å². The Bertz CT molecular complexity index is 357. The molecule has 1 rings (SSSR count). The van der Waals surface area contributed by atoms with Crippen molar-refractivity contribution in [2.24, 2.45) is 0 Å². The van der Waals surface area contributed by atoms with Crippen molar-refractivity contribution >= 4 is 5.95 Å². The SMILES string of the molecule is CCCc1nc(N)[nH]c(=O)c1CCC. The average molecular weight is 195 g/mol. The zero-order valence-electron chi connectivity index (χ0n) is 8.76. The maximum Gasteiger partial charge on any atom is 0.255 e. The fraction of sp³-hybridized carbons (Fsp3) is 0.600. The summed E-state index contributed by atoms with van der Waals surface area (Å²) >= 11 is 0. The van der Waals surface area contributed by atoms with Crippen LogP contribution in [0.3, 0.4) is 0 Å². The molecule has 1 aromatic heterocycles. The number of nitrogens with zero attached hydrogens (tertiary/aromatic N) is 1. The summed E-state index contributed by atoms with van der Waals surface area (Å²) in [4.78, 5) is 18.2. The molecule has 0 aliphatic rings. The van der Waals surface area contributed by atoms with Crippen LogP contribution in [-0.4, -0.2) is 9.97 Å². The second-order valence-electron chi connectivity index (χ2n) is 3.38. The van der Waals surface area contributed by atoms with Crippen LogP contribution in [0.1, 0.15) is 37.9 Å². The third-order valence-corrected chi connectivity index (χ3v) is 2.11. The third kappa shape index (κ3) is 2.34. The Morgan fingerprint density at radius 1 is 1.29 bits per heavy atom. The molecule has 4 nitrogen and oxygen atoms in total. The van der Waals surface area contributed by atoms with E-state index in [1.54, 1.807) is 0 Å². The number of hydrogen-bond acceptors (Lipinski definition) is 3. The molecule has 0 spiro atoms. The number of nitrogens with two attached hydrogens (primary N) is 1. The average Bonchev–Trinajstić information content (AvgIpc) is 2.11. The Morgan fingerprint density at radius 2 is 1.93 bits per heavy atom. The monoisotopic (exact) mass is 195 g/mol. The van der Waals surface area contributed by atoms with Gasteiger partial charge in [-0.05, 0) is 12.8 Å². The molecule has 14 heavy (non-hydrogen) atoms. The second-order valence-corrected chi connectivity index (χ2v) is 3.38. The first-order valence-corrected chi connectivity index (χ1v) is 5.06. The number of aryl methyl sites for hydroxylation is 1. The van der Waals surface area contributed by atoms with Crippen LogP contribution in [0, 0.1) is 0 Å². The maximum atomic E-state index is 11.6. The van der Waals surface area contributed by atoms with E-state index in [4.69, 9.17) is 5.73 Å². The lowest BCUT2D eigenvalue weighted by atomic mass is 10.1. The fourth-order valence-electron chi connectivity index (χ4n) is 1.52. The first-order valence-electron chi connectivity index (χ1n) is 5.06. The number of hydrogen-bond donors (Lipinski definition) is 2. The summed E-state index contributed by atoms with van der Waals surface area (Å²) in [6.45, 7) is 4.11. The maximum absolute atomic E-state index is 11.6. The van der Waals surface area contributed by atoms with Gasteiger partial charge in [-0.25, -0.2) is 4.98 Å². The normalized spacial score (nSPS) is 10.4. The number of rotatable bonds is 4. The molecule has 0 bridgehead atoms. The van der Waals surface area contributed by atoms with E-state index in [0.29, 0.717) is 0 Å². The molecule has 0 saturated carbocycles. The van der Waals surface area contributed by atoms with Crippen LogP contribution in [0.25, 0.3) is 0 Å². The predicted octanol–water partition coefficient (Wildman–Crippen LogP) is 1.26. The summed E-state index contributed by atoms with van der Waals surface area (Å²) in [5.41, 5.74) is 7.06. The van der Waals surface area contributed by atoms with E-state index in [1.807, 2.05) is 6.92 Å². The molecule has 0 aliphatic carbocycles. The van der Waals surface area contributed by atoms with E-state index in [1.165, 1.54) is 0 Å². The van der Waals surface area contributed by atoms with Gasteiger partial charge in [0.2, 0.25) is 5.95 Å². The van der Waals surface area contributed by atoms with Crippen LogP contribution in [0.2, 0.25) is 0 Å². The molecule has 78 valence electrons. The Kier molecular flexibility index (Phi) is 3.68. The highest BCUT2D eigenvalue weighted by Crippen LogP contribution is 2.07. The molecule has 0 aromatic carbocycles. The topological polar surface area (TPSA) is 71.8 Å². The molecule has 4 heteroatoms. The van der Waals surface area contributed by atoms with Gasteiger partial charge < -0.3 is 5.73 Å². The zero-order chi connectivity index (χ0) is 10.6. The number of nitrogens with one attached hydrogen (secondary N) is 1. The van der Waals surface area contributed by atoms with E-state index in [9.17, 15) is 4.79 Å². The largest absolute Gasteiger partial charge is 0.369 e. The highest BCUT2D eigenvalue weighted by molar-refractivity contribution is 5.25. The van der Waals surface area contributed by atoms with Crippen molar-refractivity contribution < 1.29 is 0 Å². The molecule has 1 aromatic rings. The molecule has 1 heterocycles.